The molecule has 0 radical (unpaired) electrons. The monoisotopic (exact) mass is 1700 g/mol. The minimum Gasteiger partial charge on any atom is -0.497 e. The molecule has 0 fully saturated rings. The smallest absolute Gasteiger partial charge is 0.123 e. The van der Waals surface area contributed by atoms with Crippen molar-refractivity contribution in [1.29, 1.82) is 0 Å². The van der Waals surface area contributed by atoms with E-state index in [-0.39, 0.29) is 17.0 Å². The first-order valence-electron chi connectivity index (χ1n) is 31.8. The van der Waals surface area contributed by atoms with E-state index in [1.165, 1.54) is 74.3 Å². The van der Waals surface area contributed by atoms with Gasteiger partial charge in [0.2, 0.25) is 0 Å². The SMILES string of the molecule is CC(C)(C)c1ccc(CCl)cc1.COc1cccc(CCl)c1.Cc1ccc(CCl)cc1.Cc1cccc(CCl)c1.Cc1ccccc1CCl.ClCc1ccc(Cl)cc1.ClCc1cccc(Br)c1.ClCc1cccc(Cl)c1.ClCc1ccccc1.Fc1ccc(CCl)cc1.Fc1cccc(CCl)c1. The number of alkyl halides is 11. The van der Waals surface area contributed by atoms with Crippen LogP contribution in [0.3, 0.4) is 0 Å². The predicted molar refractivity (Wildman–Crippen MR) is 453 cm³/mol. The molecule has 0 unspecified atom stereocenters. The van der Waals surface area contributed by atoms with E-state index in [0.717, 1.165) is 53.6 Å². The molecule has 11 rings (SSSR count). The zero-order valence-electron chi connectivity index (χ0n) is 58.2. The summed E-state index contributed by atoms with van der Waals surface area (Å²) in [6, 6.07) is 86.1. The summed E-state index contributed by atoms with van der Waals surface area (Å²) < 4.78 is 30.6. The summed E-state index contributed by atoms with van der Waals surface area (Å²) in [6.45, 7) is 12.8. The van der Waals surface area contributed by atoms with Crippen molar-refractivity contribution in [3.8, 4) is 5.75 Å². The van der Waals surface area contributed by atoms with Crippen LogP contribution in [-0.2, 0) is 70.1 Å². The van der Waals surface area contributed by atoms with Crippen LogP contribution in [0.5, 0.6) is 5.75 Å². The number of methoxy groups -OCH3 is 1. The Hall–Kier alpha value is -4.67. The zero-order chi connectivity index (χ0) is 75.9. The van der Waals surface area contributed by atoms with Gasteiger partial charge in [-0.3, -0.25) is 0 Å². The standard InChI is InChI=1S/C11H15Cl.C8H9ClO.3C8H9Cl.C7H6BrCl.2C7H6Cl2.2C7H6ClF.C7H7Cl/c1-11(2,3)10-6-4-9(8-12)5-7-10;1-10-8-4-2-3-7(5-8)6-9;1-7-2-4-8(6-9)5-3-7;1-7-3-2-4-8(5-7)6-9;1-7-4-2-3-5-8(7)6-9;8-7-3-1-2-6(4-7)5-9;8-5-6-1-3-7(9)4-2-6;8-5-6-2-1-3-7(9)4-6;8-5-6-1-3-7(9)4-2-6;8-5-6-2-1-3-7(9)4-6;8-6-7-4-2-1-3-5-7/h4-7H,8H2,1-3H3;2-5H,6H2,1H3;3*2-5H,6H2,1H3;5*1-4H,5H2;1-5H,6H2. The lowest BCUT2D eigenvalue weighted by Gasteiger charge is -2.18. The van der Waals surface area contributed by atoms with Crippen LogP contribution in [-0.4, -0.2) is 7.11 Å². The lowest BCUT2D eigenvalue weighted by molar-refractivity contribution is 0.414. The van der Waals surface area contributed by atoms with Gasteiger partial charge in [0, 0.05) is 79.2 Å². The number of rotatable bonds is 12. The molecular weight excluding hydrogens is 1620 g/mol. The summed E-state index contributed by atoms with van der Waals surface area (Å²) in [5.74, 6) is 6.49. The summed E-state index contributed by atoms with van der Waals surface area (Å²) in [7, 11) is 1.65. The fraction of sp³-hybridized carbons (Fsp3) is 0.224. The minimum atomic E-state index is -0.229. The Morgan fingerprint density at radius 1 is 0.304 bits per heavy atom. The maximum atomic E-state index is 12.3. The molecule has 11 aromatic carbocycles. The number of benzene rings is 11. The Labute approximate surface area is 680 Å². The Kier molecular flexibility index (Phi) is 55.6. The molecule has 0 saturated heterocycles. The number of aryl methyl sites for hydroxylation is 3. The first kappa shape index (κ1) is 95.3. The lowest BCUT2D eigenvalue weighted by atomic mass is 9.87. The van der Waals surface area contributed by atoms with Gasteiger partial charge in [0.05, 0.1) is 7.11 Å². The summed E-state index contributed by atoms with van der Waals surface area (Å²) in [5, 5.41) is 1.50. The molecule has 0 bridgehead atoms. The van der Waals surface area contributed by atoms with Crippen molar-refractivity contribution in [1.82, 2.24) is 0 Å². The third kappa shape index (κ3) is 47.0. The van der Waals surface area contributed by atoms with Crippen LogP contribution in [0.2, 0.25) is 10.0 Å². The average molecular weight is 1700 g/mol. The molecule has 17 heteroatoms. The quantitative estimate of drug-likeness (QED) is 0.111. The second-order valence-electron chi connectivity index (χ2n) is 22.8. The van der Waals surface area contributed by atoms with Crippen molar-refractivity contribution in [3.05, 3.63) is 383 Å². The lowest BCUT2D eigenvalue weighted by Crippen LogP contribution is -2.10. The fourth-order valence-electron chi connectivity index (χ4n) is 7.66. The Morgan fingerprint density at radius 3 is 1.05 bits per heavy atom. The Bertz CT molecular complexity index is 3570. The highest BCUT2D eigenvalue weighted by atomic mass is 79.9. The molecule has 0 spiro atoms. The van der Waals surface area contributed by atoms with E-state index in [9.17, 15) is 8.78 Å². The van der Waals surface area contributed by atoms with Gasteiger partial charge in [-0.15, -0.1) is 128 Å². The largest absolute Gasteiger partial charge is 0.497 e. The molecule has 0 aliphatic heterocycles. The third-order valence-electron chi connectivity index (χ3n) is 13.4. The highest BCUT2D eigenvalue weighted by molar-refractivity contribution is 9.10. The van der Waals surface area contributed by atoms with Crippen LogP contribution in [0.25, 0.3) is 0 Å². The van der Waals surface area contributed by atoms with Crippen LogP contribution >= 0.6 is 167 Å². The van der Waals surface area contributed by atoms with E-state index in [4.69, 9.17) is 156 Å². The highest BCUT2D eigenvalue weighted by Gasteiger charge is 2.12. The van der Waals surface area contributed by atoms with Crippen molar-refractivity contribution < 1.29 is 13.5 Å². The molecule has 0 aliphatic carbocycles. The molecule has 546 valence electrons. The molecule has 0 amide bonds. The predicted octanol–water partition coefficient (Wildman–Crippen LogP) is 31.3. The van der Waals surface area contributed by atoms with Crippen molar-refractivity contribution in [3.63, 3.8) is 0 Å². The summed E-state index contributed by atoms with van der Waals surface area (Å²) >= 11 is 75.8. The van der Waals surface area contributed by atoms with Crippen LogP contribution in [0.1, 0.15) is 104 Å². The maximum absolute atomic E-state index is 12.3. The molecule has 0 aliphatic rings. The summed E-state index contributed by atoms with van der Waals surface area (Å²) in [5.41, 5.74) is 17.5. The maximum Gasteiger partial charge on any atom is 0.123 e. The molecule has 1 nitrogen and oxygen atoms in total. The van der Waals surface area contributed by atoms with E-state index >= 15 is 0 Å². The van der Waals surface area contributed by atoms with Gasteiger partial charge in [0.25, 0.3) is 0 Å². The van der Waals surface area contributed by atoms with Gasteiger partial charge in [0.1, 0.15) is 17.4 Å². The number of ether oxygens (including phenoxy) is 1. The molecule has 0 aromatic heterocycles. The van der Waals surface area contributed by atoms with E-state index in [2.05, 4.69) is 112 Å². The second kappa shape index (κ2) is 59.5. The molecule has 0 saturated carbocycles. The average Bonchev–Trinajstić information content (AvgIpc) is 0.901. The van der Waals surface area contributed by atoms with E-state index in [0.29, 0.717) is 64.7 Å². The number of hydrogen-bond acceptors (Lipinski definition) is 1. The van der Waals surface area contributed by atoms with Crippen molar-refractivity contribution in [2.24, 2.45) is 0 Å². The number of hydrogen-bond donors (Lipinski definition) is 0. The Balaban J connectivity index is 0.000000562. The zero-order valence-corrected chi connectivity index (χ0v) is 69.6. The number of halogens is 16. The fourth-order valence-corrected chi connectivity index (χ4v) is 10.5. The molecule has 0 N–H and O–H groups in total. The molecule has 0 heterocycles. The summed E-state index contributed by atoms with van der Waals surface area (Å²) in [6.07, 6.45) is 0. The highest BCUT2D eigenvalue weighted by Crippen LogP contribution is 2.23. The van der Waals surface area contributed by atoms with Crippen LogP contribution in [0, 0.1) is 32.4 Å². The normalized spacial score (nSPS) is 9.75. The van der Waals surface area contributed by atoms with Gasteiger partial charge in [-0.2, -0.15) is 0 Å². The van der Waals surface area contributed by atoms with Crippen LogP contribution < -0.4 is 4.74 Å². The van der Waals surface area contributed by atoms with Gasteiger partial charge < -0.3 is 4.74 Å². The first-order valence-corrected chi connectivity index (χ1v) is 39.2. The van der Waals surface area contributed by atoms with Crippen LogP contribution in [0.15, 0.2) is 277 Å². The molecule has 0 atom stereocenters. The van der Waals surface area contributed by atoms with E-state index in [1.807, 2.05) is 170 Å². The van der Waals surface area contributed by atoms with Crippen LogP contribution in [0.4, 0.5) is 8.78 Å². The van der Waals surface area contributed by atoms with Gasteiger partial charge in [-0.05, 0) is 171 Å². The Morgan fingerprint density at radius 2 is 0.676 bits per heavy atom. The second-order valence-corrected chi connectivity index (χ2v) is 27.5. The molecule has 102 heavy (non-hydrogen) atoms. The van der Waals surface area contributed by atoms with E-state index in [1.54, 1.807) is 31.4 Å². The van der Waals surface area contributed by atoms with Crippen molar-refractivity contribution in [2.75, 3.05) is 7.11 Å². The molecule has 11 aromatic rings. The first-order chi connectivity index (χ1) is 49.0. The summed E-state index contributed by atoms with van der Waals surface area (Å²) in [4.78, 5) is 0. The molecular formula is C85H88BrCl13F2O. The van der Waals surface area contributed by atoms with Gasteiger partial charge in [-0.25, -0.2) is 8.78 Å². The van der Waals surface area contributed by atoms with Gasteiger partial charge in [0.15, 0.2) is 0 Å². The van der Waals surface area contributed by atoms with Crippen molar-refractivity contribution >= 4 is 167 Å². The van der Waals surface area contributed by atoms with Gasteiger partial charge >= 0.3 is 0 Å². The third-order valence-corrected chi connectivity index (χ3v) is 17.8. The van der Waals surface area contributed by atoms with Gasteiger partial charge in [-0.1, -0.05) is 271 Å². The van der Waals surface area contributed by atoms with E-state index < -0.39 is 0 Å². The van der Waals surface area contributed by atoms with Crippen molar-refractivity contribution in [2.45, 2.75) is 112 Å². The topological polar surface area (TPSA) is 9.23 Å². The minimum absolute atomic E-state index is 0.219.